The number of amides is 1. The second-order valence-electron chi connectivity index (χ2n) is 5.26. The average Bonchev–Trinajstić information content (AvgIpc) is 2.96. The summed E-state index contributed by atoms with van der Waals surface area (Å²) in [6.45, 7) is 8.80. The second kappa shape index (κ2) is 8.89. The van der Waals surface area contributed by atoms with Crippen molar-refractivity contribution in [1.29, 1.82) is 0 Å². The normalized spacial score (nSPS) is 12.0. The van der Waals surface area contributed by atoms with Gasteiger partial charge in [-0.3, -0.25) is 4.79 Å². The topological polar surface area (TPSA) is 59.8 Å². The Balaban J connectivity index is 2.23. The van der Waals surface area contributed by atoms with Crippen molar-refractivity contribution < 1.29 is 4.79 Å². The van der Waals surface area contributed by atoms with E-state index < -0.39 is 0 Å². The largest absolute Gasteiger partial charge is 0.352 e. The molecule has 2 aromatic rings. The second-order valence-corrected chi connectivity index (χ2v) is 7.00. The monoisotopic (exact) mass is 364 g/mol. The SMILES string of the molecule is C=CCNC(=O)[C@H](C)Sc1nnc(-c2ccc(Cl)cc2)n1CCC. The van der Waals surface area contributed by atoms with Gasteiger partial charge in [-0.1, -0.05) is 36.4 Å². The molecule has 0 saturated carbocycles. The van der Waals surface area contributed by atoms with Crippen molar-refractivity contribution in [3.8, 4) is 11.4 Å². The molecule has 128 valence electrons. The van der Waals surface area contributed by atoms with Gasteiger partial charge in [0, 0.05) is 23.7 Å². The van der Waals surface area contributed by atoms with Gasteiger partial charge in [0.2, 0.25) is 5.91 Å². The molecule has 5 nitrogen and oxygen atoms in total. The molecule has 1 atom stereocenters. The lowest BCUT2D eigenvalue weighted by Gasteiger charge is -2.12. The zero-order chi connectivity index (χ0) is 17.5. The molecule has 1 N–H and O–H groups in total. The number of halogens is 1. The van der Waals surface area contributed by atoms with Crippen LogP contribution in [-0.4, -0.2) is 32.5 Å². The Morgan fingerprint density at radius 3 is 2.75 bits per heavy atom. The highest BCUT2D eigenvalue weighted by Crippen LogP contribution is 2.27. The van der Waals surface area contributed by atoms with Gasteiger partial charge in [-0.25, -0.2) is 0 Å². The summed E-state index contributed by atoms with van der Waals surface area (Å²) in [7, 11) is 0. The van der Waals surface area contributed by atoms with Crippen LogP contribution in [0, 0.1) is 0 Å². The number of thioether (sulfide) groups is 1. The number of rotatable bonds is 8. The van der Waals surface area contributed by atoms with Crippen LogP contribution in [0.15, 0.2) is 42.1 Å². The van der Waals surface area contributed by atoms with Crippen molar-refractivity contribution in [2.24, 2.45) is 0 Å². The molecule has 24 heavy (non-hydrogen) atoms. The number of nitrogens with zero attached hydrogens (tertiary/aromatic N) is 3. The molecule has 0 aliphatic carbocycles. The van der Waals surface area contributed by atoms with Crippen LogP contribution < -0.4 is 5.32 Å². The van der Waals surface area contributed by atoms with E-state index in [2.05, 4.69) is 29.0 Å². The zero-order valence-electron chi connectivity index (χ0n) is 13.8. The van der Waals surface area contributed by atoms with E-state index in [-0.39, 0.29) is 11.2 Å². The number of hydrogen-bond donors (Lipinski definition) is 1. The summed E-state index contributed by atoms with van der Waals surface area (Å²) in [5, 5.41) is 12.5. The summed E-state index contributed by atoms with van der Waals surface area (Å²) in [5.41, 5.74) is 0.955. The maximum Gasteiger partial charge on any atom is 0.233 e. The molecule has 1 amide bonds. The molecule has 0 unspecified atom stereocenters. The number of carbonyl (C=O) groups is 1. The van der Waals surface area contributed by atoms with E-state index in [1.807, 2.05) is 35.8 Å². The zero-order valence-corrected chi connectivity index (χ0v) is 15.4. The summed E-state index contributed by atoms with van der Waals surface area (Å²) >= 11 is 7.36. The minimum Gasteiger partial charge on any atom is -0.352 e. The van der Waals surface area contributed by atoms with Gasteiger partial charge in [0.15, 0.2) is 11.0 Å². The number of nitrogens with one attached hydrogen (secondary N) is 1. The van der Waals surface area contributed by atoms with Crippen molar-refractivity contribution in [3.05, 3.63) is 41.9 Å². The maximum atomic E-state index is 12.0. The predicted octanol–water partition coefficient (Wildman–Crippen LogP) is 3.79. The average molecular weight is 365 g/mol. The third-order valence-corrected chi connectivity index (χ3v) is 4.67. The van der Waals surface area contributed by atoms with Gasteiger partial charge in [0.25, 0.3) is 0 Å². The summed E-state index contributed by atoms with van der Waals surface area (Å²) in [6.07, 6.45) is 2.61. The molecule has 0 spiro atoms. The lowest BCUT2D eigenvalue weighted by Crippen LogP contribution is -2.31. The highest BCUT2D eigenvalue weighted by Gasteiger charge is 2.20. The van der Waals surface area contributed by atoms with Crippen LogP contribution in [0.3, 0.4) is 0 Å². The lowest BCUT2D eigenvalue weighted by molar-refractivity contribution is -0.120. The lowest BCUT2D eigenvalue weighted by atomic mass is 10.2. The molecule has 0 saturated heterocycles. The smallest absolute Gasteiger partial charge is 0.233 e. The molecule has 0 aliphatic heterocycles. The fourth-order valence-corrected chi connectivity index (χ4v) is 3.17. The Kier molecular flexibility index (Phi) is 6.87. The molecule has 0 radical (unpaired) electrons. The van der Waals surface area contributed by atoms with Gasteiger partial charge in [-0.2, -0.15) is 0 Å². The Morgan fingerprint density at radius 1 is 1.42 bits per heavy atom. The van der Waals surface area contributed by atoms with Crippen LogP contribution in [0.25, 0.3) is 11.4 Å². The van der Waals surface area contributed by atoms with E-state index in [0.29, 0.717) is 11.6 Å². The Bertz CT molecular complexity index is 699. The number of aromatic nitrogens is 3. The van der Waals surface area contributed by atoms with Gasteiger partial charge in [-0.05, 0) is 37.6 Å². The van der Waals surface area contributed by atoms with E-state index in [0.717, 1.165) is 29.5 Å². The summed E-state index contributed by atoms with van der Waals surface area (Å²) < 4.78 is 2.05. The van der Waals surface area contributed by atoms with Gasteiger partial charge < -0.3 is 9.88 Å². The molecule has 1 aromatic heterocycles. The third-order valence-electron chi connectivity index (χ3n) is 3.34. The highest BCUT2D eigenvalue weighted by atomic mass is 35.5. The quantitative estimate of drug-likeness (QED) is 0.571. The third kappa shape index (κ3) is 4.61. The van der Waals surface area contributed by atoms with Crippen LogP contribution in [0.2, 0.25) is 5.02 Å². The first-order valence-corrected chi connectivity index (χ1v) is 9.07. The number of carbonyl (C=O) groups excluding carboxylic acids is 1. The van der Waals surface area contributed by atoms with Crippen molar-refractivity contribution in [2.75, 3.05) is 6.54 Å². The Hall–Kier alpha value is -1.79. The maximum absolute atomic E-state index is 12.0. The van der Waals surface area contributed by atoms with Crippen molar-refractivity contribution >= 4 is 29.3 Å². The fourth-order valence-electron chi connectivity index (χ4n) is 2.14. The first-order chi connectivity index (χ1) is 11.6. The molecular weight excluding hydrogens is 344 g/mol. The van der Waals surface area contributed by atoms with Crippen molar-refractivity contribution in [1.82, 2.24) is 20.1 Å². The molecular formula is C17H21ClN4OS. The molecule has 7 heteroatoms. The minimum absolute atomic E-state index is 0.0426. The summed E-state index contributed by atoms with van der Waals surface area (Å²) in [6, 6.07) is 7.51. The minimum atomic E-state index is -0.261. The van der Waals surface area contributed by atoms with Gasteiger partial charge in [-0.15, -0.1) is 16.8 Å². The van der Waals surface area contributed by atoms with Crippen LogP contribution in [0.1, 0.15) is 20.3 Å². The standard InChI is InChI=1S/C17H21ClN4OS/c1-4-10-19-16(23)12(3)24-17-21-20-15(22(17)11-5-2)13-6-8-14(18)9-7-13/h4,6-9,12H,1,5,10-11H2,2-3H3,(H,19,23)/t12-/m0/s1. The molecule has 0 bridgehead atoms. The first-order valence-electron chi connectivity index (χ1n) is 7.81. The fraction of sp³-hybridized carbons (Fsp3) is 0.353. The summed E-state index contributed by atoms with van der Waals surface area (Å²) in [4.78, 5) is 12.0. The number of hydrogen-bond acceptors (Lipinski definition) is 4. The summed E-state index contributed by atoms with van der Waals surface area (Å²) in [5.74, 6) is 0.744. The number of benzene rings is 1. The van der Waals surface area contributed by atoms with Crippen LogP contribution in [0.5, 0.6) is 0 Å². The molecule has 0 aliphatic rings. The Labute approximate surface area is 151 Å². The van der Waals surface area contributed by atoms with Crippen LogP contribution >= 0.6 is 23.4 Å². The molecule has 1 aromatic carbocycles. The molecule has 1 heterocycles. The van der Waals surface area contributed by atoms with Crippen LogP contribution in [0.4, 0.5) is 0 Å². The highest BCUT2D eigenvalue weighted by molar-refractivity contribution is 8.00. The van der Waals surface area contributed by atoms with E-state index in [9.17, 15) is 4.79 Å². The van der Waals surface area contributed by atoms with E-state index in [4.69, 9.17) is 11.6 Å². The Morgan fingerprint density at radius 2 is 2.12 bits per heavy atom. The van der Waals surface area contributed by atoms with E-state index in [1.165, 1.54) is 11.8 Å². The first kappa shape index (κ1) is 18.5. The van der Waals surface area contributed by atoms with E-state index >= 15 is 0 Å². The van der Waals surface area contributed by atoms with E-state index in [1.54, 1.807) is 6.08 Å². The van der Waals surface area contributed by atoms with Crippen LogP contribution in [-0.2, 0) is 11.3 Å². The van der Waals surface area contributed by atoms with Crippen molar-refractivity contribution in [3.63, 3.8) is 0 Å². The predicted molar refractivity (Wildman–Crippen MR) is 99.3 cm³/mol. The van der Waals surface area contributed by atoms with Gasteiger partial charge >= 0.3 is 0 Å². The molecule has 2 rings (SSSR count). The molecule has 0 fully saturated rings. The van der Waals surface area contributed by atoms with Gasteiger partial charge in [0.1, 0.15) is 0 Å². The van der Waals surface area contributed by atoms with Crippen molar-refractivity contribution in [2.45, 2.75) is 37.2 Å². The van der Waals surface area contributed by atoms with Gasteiger partial charge in [0.05, 0.1) is 5.25 Å².